The van der Waals surface area contributed by atoms with Gasteiger partial charge in [-0.2, -0.15) is 0 Å². The van der Waals surface area contributed by atoms with Crippen LogP contribution in [0, 0.1) is 4.77 Å². The minimum Gasteiger partial charge on any atom is -0.321 e. The molecule has 0 atom stereocenters. The summed E-state index contributed by atoms with van der Waals surface area (Å²) in [5.74, 6) is 0. The number of hydrogen-bond acceptors (Lipinski definition) is 2. The van der Waals surface area contributed by atoms with E-state index < -0.39 is 0 Å². The van der Waals surface area contributed by atoms with Crippen molar-refractivity contribution in [2.45, 2.75) is 0 Å². The number of halogens is 1. The average Bonchev–Trinajstić information content (AvgIpc) is 2.04. The summed E-state index contributed by atoms with van der Waals surface area (Å²) in [6, 6.07) is 7.59. The van der Waals surface area contributed by atoms with Crippen LogP contribution in [0.15, 0.2) is 24.3 Å². The summed E-state index contributed by atoms with van der Waals surface area (Å²) >= 11 is 10.8. The number of hydrogen-bond donors (Lipinski definition) is 1. The predicted molar refractivity (Wildman–Crippen MR) is 51.9 cm³/mol. The molecule has 1 N–H and O–H groups in total. The highest BCUT2D eigenvalue weighted by Crippen LogP contribution is 2.18. The van der Waals surface area contributed by atoms with E-state index in [1.54, 1.807) is 0 Å². The molecule has 60 valence electrons. The third-order valence-electron chi connectivity index (χ3n) is 1.58. The first kappa shape index (κ1) is 7.71. The van der Waals surface area contributed by atoms with E-state index in [9.17, 15) is 0 Å². The van der Waals surface area contributed by atoms with Crippen molar-refractivity contribution in [3.05, 3.63) is 34.2 Å². The van der Waals surface area contributed by atoms with Crippen LogP contribution in [0.5, 0.6) is 0 Å². The van der Waals surface area contributed by atoms with Gasteiger partial charge in [0.2, 0.25) is 0 Å². The monoisotopic (exact) mass is 196 g/mol. The van der Waals surface area contributed by atoms with Crippen LogP contribution in [-0.2, 0) is 0 Å². The van der Waals surface area contributed by atoms with Gasteiger partial charge >= 0.3 is 0 Å². The van der Waals surface area contributed by atoms with E-state index in [1.165, 1.54) is 0 Å². The molecule has 12 heavy (non-hydrogen) atoms. The molecule has 0 spiro atoms. The Bertz CT molecular complexity index is 478. The molecule has 0 bridgehead atoms. The molecule has 0 aliphatic heterocycles. The van der Waals surface area contributed by atoms with Gasteiger partial charge in [0.15, 0.2) is 4.77 Å². The highest BCUT2D eigenvalue weighted by Gasteiger charge is 1.97. The molecule has 4 heteroatoms. The van der Waals surface area contributed by atoms with Gasteiger partial charge in [-0.3, -0.25) is 0 Å². The lowest BCUT2D eigenvalue weighted by Crippen LogP contribution is -1.84. The maximum Gasteiger partial charge on any atom is 0.198 e. The first-order valence-electron chi connectivity index (χ1n) is 3.42. The third kappa shape index (κ3) is 1.21. The fourth-order valence-electron chi connectivity index (χ4n) is 1.06. The van der Waals surface area contributed by atoms with Gasteiger partial charge in [-0.05, 0) is 24.4 Å². The summed E-state index contributed by atoms with van der Waals surface area (Å²) in [6.45, 7) is 0. The summed E-state index contributed by atoms with van der Waals surface area (Å²) in [5, 5.41) is 1.44. The van der Waals surface area contributed by atoms with Crippen molar-refractivity contribution in [2.24, 2.45) is 0 Å². The summed E-state index contributed by atoms with van der Waals surface area (Å²) in [5.41, 5.74) is 0.825. The Morgan fingerprint density at radius 1 is 1.33 bits per heavy atom. The molecule has 0 radical (unpaired) electrons. The van der Waals surface area contributed by atoms with Gasteiger partial charge in [-0.25, -0.2) is 4.98 Å². The van der Waals surface area contributed by atoms with Gasteiger partial charge in [0.05, 0.1) is 5.52 Å². The minimum absolute atomic E-state index is 0.415. The summed E-state index contributed by atoms with van der Waals surface area (Å²) in [4.78, 5) is 6.89. The number of aromatic amines is 1. The summed E-state index contributed by atoms with van der Waals surface area (Å²) < 4.78 is 0.415. The Balaban J connectivity index is 2.99. The quantitative estimate of drug-likeness (QED) is 0.519. The van der Waals surface area contributed by atoms with Crippen LogP contribution in [0.25, 0.3) is 10.9 Å². The van der Waals surface area contributed by atoms with Crippen molar-refractivity contribution in [1.82, 2.24) is 9.97 Å². The number of H-pyrrole nitrogens is 1. The molecular weight excluding hydrogens is 192 g/mol. The molecule has 0 fully saturated rings. The van der Waals surface area contributed by atoms with Crippen LogP contribution in [0.3, 0.4) is 0 Å². The van der Waals surface area contributed by atoms with Crippen molar-refractivity contribution >= 4 is 34.7 Å². The van der Waals surface area contributed by atoms with Crippen molar-refractivity contribution in [3.8, 4) is 0 Å². The number of rotatable bonds is 0. The van der Waals surface area contributed by atoms with Crippen LogP contribution in [0.1, 0.15) is 0 Å². The average molecular weight is 197 g/mol. The topological polar surface area (TPSA) is 28.7 Å². The lowest BCUT2D eigenvalue weighted by molar-refractivity contribution is 1.19. The van der Waals surface area contributed by atoms with E-state index in [1.807, 2.05) is 24.3 Å². The van der Waals surface area contributed by atoms with Crippen molar-refractivity contribution in [1.29, 1.82) is 0 Å². The molecule has 0 aliphatic carbocycles. The molecule has 0 unspecified atom stereocenters. The smallest absolute Gasteiger partial charge is 0.198 e. The van der Waals surface area contributed by atoms with Gasteiger partial charge in [-0.15, -0.1) is 0 Å². The van der Waals surface area contributed by atoms with Crippen LogP contribution in [0.4, 0.5) is 0 Å². The zero-order valence-corrected chi connectivity index (χ0v) is 7.62. The normalized spacial score (nSPS) is 10.4. The van der Waals surface area contributed by atoms with E-state index in [4.69, 9.17) is 23.8 Å². The molecule has 1 heterocycles. The van der Waals surface area contributed by atoms with Gasteiger partial charge in [0.1, 0.15) is 5.15 Å². The Kier molecular flexibility index (Phi) is 1.83. The molecular formula is C8H5ClN2S. The largest absolute Gasteiger partial charge is 0.321 e. The highest BCUT2D eigenvalue weighted by atomic mass is 35.5. The van der Waals surface area contributed by atoms with Gasteiger partial charge in [-0.1, -0.05) is 23.7 Å². The predicted octanol–water partition coefficient (Wildman–Crippen LogP) is 2.95. The molecule has 2 rings (SSSR count). The Morgan fingerprint density at radius 3 is 2.92 bits per heavy atom. The Hall–Kier alpha value is -0.930. The molecule has 1 aromatic heterocycles. The zero-order chi connectivity index (χ0) is 8.55. The van der Waals surface area contributed by atoms with E-state index in [-0.39, 0.29) is 0 Å². The lowest BCUT2D eigenvalue weighted by atomic mass is 10.2. The van der Waals surface area contributed by atoms with E-state index >= 15 is 0 Å². The first-order chi connectivity index (χ1) is 5.77. The molecule has 1 aromatic carbocycles. The summed E-state index contributed by atoms with van der Waals surface area (Å²) in [6.07, 6.45) is 0. The van der Waals surface area contributed by atoms with Crippen molar-refractivity contribution in [2.75, 3.05) is 0 Å². The number of aromatic nitrogens is 2. The fraction of sp³-hybridized carbons (Fsp3) is 0. The molecule has 2 aromatic rings. The highest BCUT2D eigenvalue weighted by molar-refractivity contribution is 7.71. The molecule has 0 saturated heterocycles. The van der Waals surface area contributed by atoms with Crippen LogP contribution in [0.2, 0.25) is 5.15 Å². The van der Waals surface area contributed by atoms with E-state index in [0.717, 1.165) is 10.9 Å². The fourth-order valence-corrected chi connectivity index (χ4v) is 1.56. The number of fused-ring (bicyclic) bond motifs is 1. The standard InChI is InChI=1S/C8H5ClN2S/c9-7-5-3-1-2-4-6(5)10-8(12)11-7/h1-4H,(H,10,11,12). The van der Waals surface area contributed by atoms with Crippen molar-refractivity contribution < 1.29 is 0 Å². The molecule has 2 nitrogen and oxygen atoms in total. The zero-order valence-electron chi connectivity index (χ0n) is 6.04. The summed E-state index contributed by atoms with van der Waals surface area (Å²) in [7, 11) is 0. The Labute approximate surface area is 79.2 Å². The van der Waals surface area contributed by atoms with E-state index in [2.05, 4.69) is 9.97 Å². The molecule has 0 aliphatic rings. The molecule has 0 amide bonds. The number of nitrogens with one attached hydrogen (secondary N) is 1. The second-order valence-corrected chi connectivity index (χ2v) is 3.14. The Morgan fingerprint density at radius 2 is 2.08 bits per heavy atom. The maximum absolute atomic E-state index is 5.90. The number of nitrogens with zero attached hydrogens (tertiary/aromatic N) is 1. The van der Waals surface area contributed by atoms with Gasteiger partial charge in [0.25, 0.3) is 0 Å². The lowest BCUT2D eigenvalue weighted by Gasteiger charge is -1.97. The molecule has 0 saturated carbocycles. The van der Waals surface area contributed by atoms with Crippen LogP contribution in [-0.4, -0.2) is 9.97 Å². The van der Waals surface area contributed by atoms with Gasteiger partial charge in [0, 0.05) is 5.39 Å². The minimum atomic E-state index is 0.415. The van der Waals surface area contributed by atoms with Crippen LogP contribution >= 0.6 is 23.8 Å². The SMILES string of the molecule is S=c1nc2ccccc2c(Cl)[nH]1. The first-order valence-corrected chi connectivity index (χ1v) is 4.20. The van der Waals surface area contributed by atoms with Crippen molar-refractivity contribution in [3.63, 3.8) is 0 Å². The number of benzene rings is 1. The second-order valence-electron chi connectivity index (χ2n) is 2.37. The van der Waals surface area contributed by atoms with E-state index in [0.29, 0.717) is 9.92 Å². The second kappa shape index (κ2) is 2.84. The van der Waals surface area contributed by atoms with Gasteiger partial charge < -0.3 is 4.98 Å². The van der Waals surface area contributed by atoms with Crippen LogP contribution < -0.4 is 0 Å². The number of para-hydroxylation sites is 1. The third-order valence-corrected chi connectivity index (χ3v) is 2.07. The maximum atomic E-state index is 5.90.